The van der Waals surface area contributed by atoms with Crippen LogP contribution in [0, 0.1) is 6.92 Å². The second-order valence-corrected chi connectivity index (χ2v) is 5.16. The number of esters is 1. The van der Waals surface area contributed by atoms with E-state index in [4.69, 9.17) is 4.74 Å². The molecule has 0 unspecified atom stereocenters. The van der Waals surface area contributed by atoms with E-state index in [1.165, 1.54) is 12.1 Å². The first-order valence-electron chi connectivity index (χ1n) is 7.35. The van der Waals surface area contributed by atoms with Crippen LogP contribution in [-0.4, -0.2) is 23.6 Å². The highest BCUT2D eigenvalue weighted by atomic mass is 16.5. The first-order valence-corrected chi connectivity index (χ1v) is 7.35. The molecule has 0 bridgehead atoms. The van der Waals surface area contributed by atoms with Crippen LogP contribution in [0.15, 0.2) is 42.5 Å². The molecule has 23 heavy (non-hydrogen) atoms. The number of amides is 1. The van der Waals surface area contributed by atoms with Crippen molar-refractivity contribution in [1.29, 1.82) is 0 Å². The van der Waals surface area contributed by atoms with Gasteiger partial charge in [0.05, 0.1) is 0 Å². The number of phenolic OH excluding ortho intramolecular Hbond substituents is 1. The molecule has 2 rings (SSSR count). The monoisotopic (exact) mass is 313 g/mol. The van der Waals surface area contributed by atoms with Crippen LogP contribution in [0.5, 0.6) is 5.75 Å². The fourth-order valence-electron chi connectivity index (χ4n) is 2.16. The number of benzene rings is 2. The van der Waals surface area contributed by atoms with Gasteiger partial charge in [-0.3, -0.25) is 4.79 Å². The van der Waals surface area contributed by atoms with Crippen LogP contribution in [0.4, 0.5) is 5.69 Å². The SMILES string of the molecule is CCc1ccccc1NC(=O)COC(=O)c1ccc(C)cc1O. The number of para-hydroxylation sites is 1. The van der Waals surface area contributed by atoms with Crippen LogP contribution in [0.2, 0.25) is 0 Å². The van der Waals surface area contributed by atoms with Crippen LogP contribution in [0.25, 0.3) is 0 Å². The van der Waals surface area contributed by atoms with Crippen molar-refractivity contribution in [1.82, 2.24) is 0 Å². The van der Waals surface area contributed by atoms with E-state index in [9.17, 15) is 14.7 Å². The number of carbonyl (C=O) groups excluding carboxylic acids is 2. The molecule has 5 heteroatoms. The second-order valence-electron chi connectivity index (χ2n) is 5.16. The van der Waals surface area contributed by atoms with E-state index in [1.54, 1.807) is 19.1 Å². The summed E-state index contributed by atoms with van der Waals surface area (Å²) in [7, 11) is 0. The van der Waals surface area contributed by atoms with Crippen molar-refractivity contribution in [3.63, 3.8) is 0 Å². The van der Waals surface area contributed by atoms with Gasteiger partial charge < -0.3 is 15.2 Å². The Bertz CT molecular complexity index is 725. The number of rotatable bonds is 5. The number of aryl methyl sites for hydroxylation is 2. The Morgan fingerprint density at radius 2 is 1.91 bits per heavy atom. The van der Waals surface area contributed by atoms with Crippen molar-refractivity contribution >= 4 is 17.6 Å². The van der Waals surface area contributed by atoms with E-state index in [1.807, 2.05) is 25.1 Å². The zero-order valence-electron chi connectivity index (χ0n) is 13.1. The summed E-state index contributed by atoms with van der Waals surface area (Å²) in [5, 5.41) is 12.4. The third-order valence-electron chi connectivity index (χ3n) is 3.38. The van der Waals surface area contributed by atoms with Gasteiger partial charge >= 0.3 is 5.97 Å². The number of nitrogens with one attached hydrogen (secondary N) is 1. The maximum Gasteiger partial charge on any atom is 0.342 e. The van der Waals surface area contributed by atoms with Gasteiger partial charge in [0.1, 0.15) is 11.3 Å². The molecule has 1 amide bonds. The van der Waals surface area contributed by atoms with E-state index >= 15 is 0 Å². The van der Waals surface area contributed by atoms with Crippen molar-refractivity contribution in [3.05, 3.63) is 59.2 Å². The van der Waals surface area contributed by atoms with Crippen molar-refractivity contribution in [3.8, 4) is 5.75 Å². The fraction of sp³-hybridized carbons (Fsp3) is 0.222. The molecule has 0 saturated carbocycles. The van der Waals surface area contributed by atoms with Crippen molar-refractivity contribution in [2.75, 3.05) is 11.9 Å². The van der Waals surface area contributed by atoms with E-state index in [2.05, 4.69) is 5.32 Å². The molecule has 5 nitrogen and oxygen atoms in total. The van der Waals surface area contributed by atoms with Gasteiger partial charge in [0.25, 0.3) is 5.91 Å². The summed E-state index contributed by atoms with van der Waals surface area (Å²) in [5.74, 6) is -1.32. The second kappa shape index (κ2) is 7.45. The van der Waals surface area contributed by atoms with E-state index in [0.717, 1.165) is 17.5 Å². The molecule has 0 atom stereocenters. The minimum Gasteiger partial charge on any atom is -0.507 e. The number of anilines is 1. The molecule has 0 heterocycles. The van der Waals surface area contributed by atoms with E-state index in [0.29, 0.717) is 5.69 Å². The third-order valence-corrected chi connectivity index (χ3v) is 3.38. The highest BCUT2D eigenvalue weighted by molar-refractivity contribution is 5.97. The average molecular weight is 313 g/mol. The normalized spacial score (nSPS) is 10.2. The van der Waals surface area contributed by atoms with Gasteiger partial charge in [0, 0.05) is 5.69 Å². The first-order chi connectivity index (χ1) is 11.0. The Morgan fingerprint density at radius 1 is 1.17 bits per heavy atom. The zero-order valence-corrected chi connectivity index (χ0v) is 13.1. The average Bonchev–Trinajstić information content (AvgIpc) is 2.53. The molecule has 2 aromatic rings. The number of carbonyl (C=O) groups is 2. The molecule has 0 aliphatic heterocycles. The van der Waals surface area contributed by atoms with Gasteiger partial charge in [-0.05, 0) is 42.7 Å². The van der Waals surface area contributed by atoms with Crippen molar-refractivity contribution in [2.45, 2.75) is 20.3 Å². The van der Waals surface area contributed by atoms with Gasteiger partial charge in [-0.2, -0.15) is 0 Å². The number of hydrogen-bond donors (Lipinski definition) is 2. The highest BCUT2D eigenvalue weighted by Gasteiger charge is 2.14. The Labute approximate surface area is 134 Å². The molecule has 0 aromatic heterocycles. The van der Waals surface area contributed by atoms with Crippen molar-refractivity contribution in [2.24, 2.45) is 0 Å². The molecular weight excluding hydrogens is 294 g/mol. The van der Waals surface area contributed by atoms with Crippen molar-refractivity contribution < 1.29 is 19.4 Å². The summed E-state index contributed by atoms with van der Waals surface area (Å²) in [4.78, 5) is 23.8. The molecule has 2 aromatic carbocycles. The van der Waals surface area contributed by atoms with Gasteiger partial charge in [-0.25, -0.2) is 4.79 Å². The minimum absolute atomic E-state index is 0.0392. The lowest BCUT2D eigenvalue weighted by Crippen LogP contribution is -2.21. The van der Waals surface area contributed by atoms with Crippen LogP contribution >= 0.6 is 0 Å². The zero-order chi connectivity index (χ0) is 16.8. The Kier molecular flexibility index (Phi) is 5.36. The summed E-state index contributed by atoms with van der Waals surface area (Å²) in [6.07, 6.45) is 0.785. The maximum absolute atomic E-state index is 11.9. The summed E-state index contributed by atoms with van der Waals surface area (Å²) >= 11 is 0. The Hall–Kier alpha value is -2.82. The van der Waals surface area contributed by atoms with Crippen LogP contribution in [0.3, 0.4) is 0 Å². The van der Waals surface area contributed by atoms with Gasteiger partial charge in [0.15, 0.2) is 6.61 Å². The third kappa shape index (κ3) is 4.32. The number of phenols is 1. The molecule has 0 spiro atoms. The predicted octanol–water partition coefficient (Wildman–Crippen LogP) is 3.06. The summed E-state index contributed by atoms with van der Waals surface area (Å²) < 4.78 is 4.95. The minimum atomic E-state index is -0.735. The standard InChI is InChI=1S/C18H19NO4/c1-3-13-6-4-5-7-15(13)19-17(21)11-23-18(22)14-9-8-12(2)10-16(14)20/h4-10,20H,3,11H2,1-2H3,(H,19,21). The Morgan fingerprint density at radius 3 is 2.61 bits per heavy atom. The fourth-order valence-corrected chi connectivity index (χ4v) is 2.16. The lowest BCUT2D eigenvalue weighted by Gasteiger charge is -2.10. The molecule has 0 aliphatic rings. The number of aromatic hydroxyl groups is 1. The largest absolute Gasteiger partial charge is 0.507 e. The van der Waals surface area contributed by atoms with Gasteiger partial charge in [0.2, 0.25) is 0 Å². The molecule has 2 N–H and O–H groups in total. The molecule has 0 radical (unpaired) electrons. The van der Waals surface area contributed by atoms with Crippen LogP contribution in [0.1, 0.15) is 28.4 Å². The maximum atomic E-state index is 11.9. The predicted molar refractivity (Wildman–Crippen MR) is 87.6 cm³/mol. The van der Waals surface area contributed by atoms with Crippen LogP contribution in [-0.2, 0) is 16.0 Å². The number of hydrogen-bond acceptors (Lipinski definition) is 4. The molecule has 120 valence electrons. The molecule has 0 fully saturated rings. The van der Waals surface area contributed by atoms with E-state index < -0.39 is 18.5 Å². The van der Waals surface area contributed by atoms with Gasteiger partial charge in [-0.1, -0.05) is 31.2 Å². The quantitative estimate of drug-likeness (QED) is 0.832. The van der Waals surface area contributed by atoms with Gasteiger partial charge in [-0.15, -0.1) is 0 Å². The summed E-state index contributed by atoms with van der Waals surface area (Å²) in [5.41, 5.74) is 2.57. The topological polar surface area (TPSA) is 75.6 Å². The molecular formula is C18H19NO4. The smallest absolute Gasteiger partial charge is 0.342 e. The molecule has 0 aliphatic carbocycles. The summed E-state index contributed by atoms with van der Waals surface area (Å²) in [6.45, 7) is 3.38. The first kappa shape index (κ1) is 16.5. The number of ether oxygens (including phenoxy) is 1. The summed E-state index contributed by atoms with van der Waals surface area (Å²) in [6, 6.07) is 12.1. The lowest BCUT2D eigenvalue weighted by molar-refractivity contribution is -0.119. The van der Waals surface area contributed by atoms with Crippen LogP contribution < -0.4 is 5.32 Å². The highest BCUT2D eigenvalue weighted by Crippen LogP contribution is 2.19. The molecule has 0 saturated heterocycles. The Balaban J connectivity index is 1.95. The van der Waals surface area contributed by atoms with E-state index in [-0.39, 0.29) is 11.3 Å². The lowest BCUT2D eigenvalue weighted by atomic mass is 10.1.